The van der Waals surface area contributed by atoms with Gasteiger partial charge in [-0.3, -0.25) is 4.98 Å². The number of pyridine rings is 1. The molecule has 0 radical (unpaired) electrons. The van der Waals surface area contributed by atoms with Crippen LogP contribution in [-0.4, -0.2) is 4.98 Å². The van der Waals surface area contributed by atoms with E-state index in [1.54, 1.807) is 0 Å². The van der Waals surface area contributed by atoms with E-state index in [2.05, 4.69) is 87.7 Å². The molecule has 0 aliphatic heterocycles. The van der Waals surface area contributed by atoms with Crippen LogP contribution in [-0.2, 0) is 0 Å². The summed E-state index contributed by atoms with van der Waals surface area (Å²) in [6.07, 6.45) is 5.98. The predicted molar refractivity (Wildman–Crippen MR) is 103 cm³/mol. The van der Waals surface area contributed by atoms with E-state index in [4.69, 9.17) is 0 Å². The van der Waals surface area contributed by atoms with E-state index >= 15 is 0 Å². The molecule has 1 aromatic heterocycles. The van der Waals surface area contributed by atoms with Crippen LogP contribution in [0.2, 0.25) is 0 Å². The lowest BCUT2D eigenvalue weighted by atomic mass is 9.91. The van der Waals surface area contributed by atoms with Gasteiger partial charge in [-0.2, -0.15) is 0 Å². The molecule has 0 saturated carbocycles. The number of hydrogen-bond donors (Lipinski definition) is 0. The molecule has 4 aromatic rings. The molecule has 1 heterocycles. The summed E-state index contributed by atoms with van der Waals surface area (Å²) < 4.78 is 0. The Morgan fingerprint density at radius 1 is 0.739 bits per heavy atom. The maximum absolute atomic E-state index is 4.46. The van der Waals surface area contributed by atoms with Crippen LogP contribution in [0, 0.1) is 0 Å². The second-order valence-electron chi connectivity index (χ2n) is 5.45. The molecule has 0 spiro atoms. The van der Waals surface area contributed by atoms with E-state index in [9.17, 15) is 0 Å². The molecule has 0 aliphatic rings. The van der Waals surface area contributed by atoms with Gasteiger partial charge in [0, 0.05) is 23.3 Å². The smallest absolute Gasteiger partial charge is 0.0353 e. The number of hydrogen-bond acceptors (Lipinski definition) is 1. The lowest BCUT2D eigenvalue weighted by Gasteiger charge is -2.13. The van der Waals surface area contributed by atoms with Crippen molar-refractivity contribution >= 4 is 43.6 Å². The molecule has 0 N–H and O–H groups in total. The van der Waals surface area contributed by atoms with Gasteiger partial charge in [0.05, 0.1) is 0 Å². The van der Waals surface area contributed by atoms with Crippen LogP contribution in [0.4, 0.5) is 0 Å². The van der Waals surface area contributed by atoms with E-state index < -0.39 is 0 Å². The second kappa shape index (κ2) is 5.98. The van der Waals surface area contributed by atoms with Gasteiger partial charge in [-0.05, 0) is 38.3 Å². The van der Waals surface area contributed by atoms with Gasteiger partial charge in [-0.25, -0.2) is 0 Å². The number of aromatic nitrogens is 1. The summed E-state index contributed by atoms with van der Waals surface area (Å²) in [5.74, 6) is 0. The first kappa shape index (κ1) is 14.2. The van der Waals surface area contributed by atoms with Crippen molar-refractivity contribution in [1.82, 2.24) is 4.98 Å². The molecule has 1 nitrogen and oxygen atoms in total. The van der Waals surface area contributed by atoms with Crippen LogP contribution in [0.15, 0.2) is 78.0 Å². The fourth-order valence-electron chi connectivity index (χ4n) is 3.11. The Morgan fingerprint density at radius 3 is 2.30 bits per heavy atom. The molecule has 0 atom stereocenters. The molecule has 4 rings (SSSR count). The second-order valence-corrected chi connectivity index (χ2v) is 5.98. The molecular formula is C21H14BrN. The lowest BCUT2D eigenvalue weighted by molar-refractivity contribution is 1.36. The van der Waals surface area contributed by atoms with Crippen molar-refractivity contribution in [2.24, 2.45) is 0 Å². The topological polar surface area (TPSA) is 12.9 Å². The summed E-state index contributed by atoms with van der Waals surface area (Å²) in [6.45, 7) is 0. The van der Waals surface area contributed by atoms with Crippen LogP contribution in [0.1, 0.15) is 5.56 Å². The quantitative estimate of drug-likeness (QED) is 0.402. The summed E-state index contributed by atoms with van der Waals surface area (Å²) in [4.78, 5) is 6.36. The Balaban J connectivity index is 2.16. The highest BCUT2D eigenvalue weighted by molar-refractivity contribution is 9.11. The average molecular weight is 360 g/mol. The average Bonchev–Trinajstić information content (AvgIpc) is 2.61. The molecule has 0 amide bonds. The van der Waals surface area contributed by atoms with Crippen LogP contribution in [0.3, 0.4) is 0 Å². The zero-order chi connectivity index (χ0) is 15.6. The first-order chi connectivity index (χ1) is 11.4. The van der Waals surface area contributed by atoms with E-state index in [-0.39, 0.29) is 0 Å². The molecule has 110 valence electrons. The monoisotopic (exact) mass is 359 g/mol. The lowest BCUT2D eigenvalue weighted by Crippen LogP contribution is -1.89. The fourth-order valence-corrected chi connectivity index (χ4v) is 3.40. The summed E-state index contributed by atoms with van der Waals surface area (Å²) in [5, 5.41) is 4.87. The zero-order valence-corrected chi connectivity index (χ0v) is 14.0. The number of rotatable bonds is 2. The largest absolute Gasteiger partial charge is 0.263 e. The minimum atomic E-state index is 1.16. The molecule has 23 heavy (non-hydrogen) atoms. The van der Waals surface area contributed by atoms with Crippen LogP contribution < -0.4 is 0 Å². The Hall–Kier alpha value is -2.45. The third kappa shape index (κ3) is 2.45. The van der Waals surface area contributed by atoms with Crippen molar-refractivity contribution in [3.8, 4) is 11.1 Å². The first-order valence-electron chi connectivity index (χ1n) is 7.50. The molecule has 0 saturated heterocycles. The highest BCUT2D eigenvalue weighted by Crippen LogP contribution is 2.36. The van der Waals surface area contributed by atoms with Gasteiger partial charge in [0.2, 0.25) is 0 Å². The minimum absolute atomic E-state index is 1.16. The molecule has 2 heteroatoms. The Bertz CT molecular complexity index is 1030. The van der Waals surface area contributed by atoms with Gasteiger partial charge in [-0.15, -0.1) is 0 Å². The van der Waals surface area contributed by atoms with Gasteiger partial charge in [0.15, 0.2) is 0 Å². The van der Waals surface area contributed by atoms with Crippen molar-refractivity contribution in [2.45, 2.75) is 0 Å². The van der Waals surface area contributed by atoms with Crippen LogP contribution >= 0.6 is 15.9 Å². The maximum Gasteiger partial charge on any atom is 0.0353 e. The Morgan fingerprint density at radius 2 is 1.48 bits per heavy atom. The highest BCUT2D eigenvalue weighted by Gasteiger charge is 2.11. The SMILES string of the molecule is Br/C=C\c1ccc2ccccc2c1-c1cncc2ccccc12. The number of halogens is 1. The summed E-state index contributed by atoms with van der Waals surface area (Å²) in [6, 6.07) is 21.2. The normalized spacial score (nSPS) is 11.5. The first-order valence-corrected chi connectivity index (χ1v) is 8.42. The van der Waals surface area contributed by atoms with Crippen molar-refractivity contribution in [1.29, 1.82) is 0 Å². The van der Waals surface area contributed by atoms with E-state index in [0.717, 1.165) is 5.39 Å². The minimum Gasteiger partial charge on any atom is -0.263 e. The van der Waals surface area contributed by atoms with Gasteiger partial charge >= 0.3 is 0 Å². The number of benzene rings is 3. The molecule has 3 aromatic carbocycles. The molecule has 0 aliphatic carbocycles. The summed E-state index contributed by atoms with van der Waals surface area (Å²) >= 11 is 3.41. The Kier molecular flexibility index (Phi) is 3.68. The van der Waals surface area contributed by atoms with Gasteiger partial charge in [0.1, 0.15) is 0 Å². The molecule has 0 bridgehead atoms. The maximum atomic E-state index is 4.46. The van der Waals surface area contributed by atoms with Crippen molar-refractivity contribution in [3.63, 3.8) is 0 Å². The Labute approximate surface area is 143 Å². The number of fused-ring (bicyclic) bond motifs is 2. The van der Waals surface area contributed by atoms with Gasteiger partial charge in [0.25, 0.3) is 0 Å². The summed E-state index contributed by atoms with van der Waals surface area (Å²) in [5.41, 5.74) is 3.57. The predicted octanol–water partition coefficient (Wildman–Crippen LogP) is 6.42. The molecule has 0 fully saturated rings. The fraction of sp³-hybridized carbons (Fsp3) is 0. The van der Waals surface area contributed by atoms with Crippen LogP contribution in [0.25, 0.3) is 38.7 Å². The van der Waals surface area contributed by atoms with Crippen molar-refractivity contribution < 1.29 is 0 Å². The van der Waals surface area contributed by atoms with Crippen LogP contribution in [0.5, 0.6) is 0 Å². The van der Waals surface area contributed by atoms with Gasteiger partial charge in [-0.1, -0.05) is 76.6 Å². The number of nitrogens with zero attached hydrogens (tertiary/aromatic N) is 1. The standard InChI is InChI=1S/C21H14BrN/c22-12-11-16-10-9-15-5-1-4-8-19(15)21(16)20-14-23-13-17-6-2-3-7-18(17)20/h1-14H/b12-11-. The third-order valence-electron chi connectivity index (χ3n) is 4.14. The highest BCUT2D eigenvalue weighted by atomic mass is 79.9. The van der Waals surface area contributed by atoms with E-state index in [1.165, 1.54) is 32.8 Å². The molecule has 0 unspecified atom stereocenters. The zero-order valence-electron chi connectivity index (χ0n) is 12.4. The molecular weight excluding hydrogens is 346 g/mol. The van der Waals surface area contributed by atoms with E-state index in [1.807, 2.05) is 17.4 Å². The summed E-state index contributed by atoms with van der Waals surface area (Å²) in [7, 11) is 0. The third-order valence-corrected chi connectivity index (χ3v) is 4.41. The van der Waals surface area contributed by atoms with Crippen molar-refractivity contribution in [3.05, 3.63) is 83.6 Å². The van der Waals surface area contributed by atoms with Crippen molar-refractivity contribution in [2.75, 3.05) is 0 Å². The van der Waals surface area contributed by atoms with Gasteiger partial charge < -0.3 is 0 Å². The van der Waals surface area contributed by atoms with E-state index in [0.29, 0.717) is 0 Å².